The lowest BCUT2D eigenvalue weighted by Crippen LogP contribution is -2.10. The Morgan fingerprint density at radius 2 is 1.02 bits per heavy atom. The summed E-state index contributed by atoms with van der Waals surface area (Å²) in [7, 11) is 3.34. The lowest BCUT2D eigenvalue weighted by molar-refractivity contribution is -0.130. The fraction of sp³-hybridized carbons (Fsp3) is 0.0750. The second kappa shape index (κ2) is 14.1. The molecule has 0 heterocycles. The van der Waals surface area contributed by atoms with E-state index in [1.165, 1.54) is 5.56 Å². The number of anilines is 2. The lowest BCUT2D eigenvalue weighted by Gasteiger charge is -2.24. The number of hydrogen-bond donors (Lipinski definition) is 1. The molecule has 0 aliphatic heterocycles. The maximum Gasteiger partial charge on any atom is 0.335 e. The fourth-order valence-electron chi connectivity index (χ4n) is 4.85. The van der Waals surface area contributed by atoms with E-state index in [9.17, 15) is 9.90 Å². The van der Waals surface area contributed by atoms with Gasteiger partial charge >= 0.3 is 5.97 Å². The highest BCUT2D eigenvalue weighted by molar-refractivity contribution is 6.14. The van der Waals surface area contributed by atoms with Crippen molar-refractivity contribution in [3.63, 3.8) is 0 Å². The molecule has 224 valence electrons. The summed E-state index contributed by atoms with van der Waals surface area (Å²) in [6, 6.07) is 40.4. The molecule has 0 bridgehead atoms. The highest BCUT2D eigenvalue weighted by atomic mass is 16.5. The average molecular weight is 594 g/mol. The Morgan fingerprint density at radius 1 is 0.622 bits per heavy atom. The Bertz CT molecular complexity index is 1770. The Balaban J connectivity index is 1.51. The molecule has 0 radical (unpaired) electrons. The van der Waals surface area contributed by atoms with Crippen molar-refractivity contribution in [2.24, 2.45) is 0 Å². The molecule has 0 saturated carbocycles. The Labute approximate surface area is 264 Å². The van der Waals surface area contributed by atoms with Gasteiger partial charge in [-0.3, -0.25) is 0 Å². The zero-order valence-corrected chi connectivity index (χ0v) is 25.6. The van der Waals surface area contributed by atoms with Crippen LogP contribution in [0.2, 0.25) is 0 Å². The molecule has 5 aromatic rings. The van der Waals surface area contributed by atoms with E-state index in [0.717, 1.165) is 50.7 Å². The quantitative estimate of drug-likeness (QED) is 0.122. The van der Waals surface area contributed by atoms with Crippen molar-refractivity contribution in [2.45, 2.75) is 6.92 Å². The van der Waals surface area contributed by atoms with Crippen LogP contribution in [0.25, 0.3) is 23.3 Å². The second-order valence-corrected chi connectivity index (χ2v) is 10.5. The van der Waals surface area contributed by atoms with Crippen molar-refractivity contribution >= 4 is 40.6 Å². The number of ether oxygens (including phenoxy) is 2. The largest absolute Gasteiger partial charge is 0.497 e. The topological polar surface area (TPSA) is 59.0 Å². The van der Waals surface area contributed by atoms with E-state index < -0.39 is 5.97 Å². The maximum atomic E-state index is 11.2. The number of rotatable bonds is 11. The Morgan fingerprint density at radius 3 is 1.44 bits per heavy atom. The van der Waals surface area contributed by atoms with Gasteiger partial charge in [0.25, 0.3) is 0 Å². The number of nitrogens with zero attached hydrogens (tertiary/aromatic N) is 1. The van der Waals surface area contributed by atoms with Gasteiger partial charge in [-0.25, -0.2) is 4.79 Å². The predicted molar refractivity (Wildman–Crippen MR) is 185 cm³/mol. The minimum Gasteiger partial charge on any atom is -0.497 e. The van der Waals surface area contributed by atoms with Crippen LogP contribution in [0.4, 0.5) is 11.4 Å². The Kier molecular flexibility index (Phi) is 9.61. The van der Waals surface area contributed by atoms with E-state index in [-0.39, 0.29) is 5.57 Å². The SMILES string of the molecule is C=C(C(=O)O)c1ccc(C=Cc2ccc(N(C=C(c3ccc(OC)cc3)c3ccc(OC)cc3)c3ccc(C)cc3)cc2)cc1. The molecule has 45 heavy (non-hydrogen) atoms. The van der Waals surface area contributed by atoms with Crippen molar-refractivity contribution in [1.82, 2.24) is 0 Å². The van der Waals surface area contributed by atoms with Crippen molar-refractivity contribution in [3.8, 4) is 11.5 Å². The van der Waals surface area contributed by atoms with Gasteiger partial charge in [0.2, 0.25) is 0 Å². The molecule has 5 aromatic carbocycles. The first-order chi connectivity index (χ1) is 21.8. The van der Waals surface area contributed by atoms with E-state index in [1.54, 1.807) is 26.4 Å². The highest BCUT2D eigenvalue weighted by Gasteiger charge is 2.13. The summed E-state index contributed by atoms with van der Waals surface area (Å²) >= 11 is 0. The van der Waals surface area contributed by atoms with Crippen LogP contribution in [-0.2, 0) is 4.79 Å². The summed E-state index contributed by atoms with van der Waals surface area (Å²) in [6.07, 6.45) is 6.22. The van der Waals surface area contributed by atoms with Gasteiger partial charge < -0.3 is 19.5 Å². The minimum absolute atomic E-state index is 0.0791. The number of aryl methyl sites for hydroxylation is 1. The van der Waals surface area contributed by atoms with E-state index in [0.29, 0.717) is 5.56 Å². The lowest BCUT2D eigenvalue weighted by atomic mass is 9.98. The van der Waals surface area contributed by atoms with Gasteiger partial charge in [-0.05, 0) is 83.3 Å². The third-order valence-electron chi connectivity index (χ3n) is 7.53. The molecule has 0 fully saturated rings. The standard InChI is InChI=1S/C40H35NO4/c1-28-5-19-35(20-6-28)41(27-39(33-15-23-37(44-3)24-16-33)34-17-25-38(45-4)26-18-34)36-21-11-31(12-22-36)8-7-30-9-13-32(14-10-30)29(2)40(42)43/h5-27H,2H2,1,3-4H3,(H,42,43). The second-order valence-electron chi connectivity index (χ2n) is 10.5. The first-order valence-corrected chi connectivity index (χ1v) is 14.5. The van der Waals surface area contributed by atoms with Crippen LogP contribution in [0, 0.1) is 6.92 Å². The van der Waals surface area contributed by atoms with Crippen LogP contribution in [-0.4, -0.2) is 25.3 Å². The van der Waals surface area contributed by atoms with Crippen LogP contribution < -0.4 is 14.4 Å². The number of aliphatic carboxylic acids is 1. The van der Waals surface area contributed by atoms with Crippen molar-refractivity contribution in [3.05, 3.63) is 167 Å². The van der Waals surface area contributed by atoms with E-state index in [1.807, 2.05) is 48.6 Å². The summed E-state index contributed by atoms with van der Waals surface area (Å²) in [5, 5.41) is 9.18. The van der Waals surface area contributed by atoms with Crippen LogP contribution in [0.5, 0.6) is 11.5 Å². The van der Waals surface area contributed by atoms with Gasteiger partial charge in [-0.1, -0.05) is 97.1 Å². The molecule has 0 aromatic heterocycles. The predicted octanol–water partition coefficient (Wildman–Crippen LogP) is 9.51. The van der Waals surface area contributed by atoms with Crippen LogP contribution in [0.15, 0.2) is 134 Å². The average Bonchev–Trinajstić information content (AvgIpc) is 3.09. The van der Waals surface area contributed by atoms with Gasteiger partial charge in [0.15, 0.2) is 0 Å². The number of carboxylic acids is 1. The number of methoxy groups -OCH3 is 2. The summed E-state index contributed by atoms with van der Waals surface area (Å²) in [4.78, 5) is 13.4. The van der Waals surface area contributed by atoms with Gasteiger partial charge in [-0.2, -0.15) is 0 Å². The van der Waals surface area contributed by atoms with Crippen molar-refractivity contribution < 1.29 is 19.4 Å². The van der Waals surface area contributed by atoms with Crippen LogP contribution in [0.1, 0.15) is 33.4 Å². The summed E-state index contributed by atoms with van der Waals surface area (Å²) in [5.74, 6) is 0.579. The number of carbonyl (C=O) groups is 1. The molecule has 1 N–H and O–H groups in total. The monoisotopic (exact) mass is 593 g/mol. The molecule has 5 nitrogen and oxygen atoms in total. The zero-order chi connectivity index (χ0) is 31.8. The van der Waals surface area contributed by atoms with Crippen molar-refractivity contribution in [2.75, 3.05) is 19.1 Å². The molecular formula is C40H35NO4. The Hall–Kier alpha value is -5.81. The maximum absolute atomic E-state index is 11.2. The summed E-state index contributed by atoms with van der Waals surface area (Å²) in [6.45, 7) is 5.71. The number of benzene rings is 5. The molecule has 0 aliphatic carbocycles. The fourth-order valence-corrected chi connectivity index (χ4v) is 4.85. The number of hydrogen-bond acceptors (Lipinski definition) is 4. The van der Waals surface area contributed by atoms with Crippen molar-refractivity contribution in [1.29, 1.82) is 0 Å². The minimum atomic E-state index is -1.02. The van der Waals surface area contributed by atoms with Gasteiger partial charge in [0.1, 0.15) is 11.5 Å². The molecule has 0 spiro atoms. The van der Waals surface area contributed by atoms with Gasteiger partial charge in [0, 0.05) is 23.1 Å². The summed E-state index contributed by atoms with van der Waals surface area (Å²) < 4.78 is 10.8. The van der Waals surface area contributed by atoms with E-state index in [4.69, 9.17) is 9.47 Å². The zero-order valence-electron chi connectivity index (χ0n) is 25.6. The number of carboxylic acid groups (broad SMARTS) is 1. The van der Waals surface area contributed by atoms with Crippen LogP contribution >= 0.6 is 0 Å². The highest BCUT2D eigenvalue weighted by Crippen LogP contribution is 2.33. The van der Waals surface area contributed by atoms with Gasteiger partial charge in [-0.15, -0.1) is 0 Å². The molecule has 5 rings (SSSR count). The smallest absolute Gasteiger partial charge is 0.335 e. The molecule has 0 unspecified atom stereocenters. The van der Waals surface area contributed by atoms with E-state index >= 15 is 0 Å². The first kappa shape index (κ1) is 30.6. The first-order valence-electron chi connectivity index (χ1n) is 14.5. The summed E-state index contributed by atoms with van der Waals surface area (Å²) in [5.41, 5.74) is 9.05. The molecule has 5 heteroatoms. The third-order valence-corrected chi connectivity index (χ3v) is 7.53. The molecule has 0 aliphatic rings. The molecule has 0 atom stereocenters. The van der Waals surface area contributed by atoms with Gasteiger partial charge in [0.05, 0.1) is 19.8 Å². The van der Waals surface area contributed by atoms with E-state index in [2.05, 4.69) is 97.4 Å². The van der Waals surface area contributed by atoms with Crippen LogP contribution in [0.3, 0.4) is 0 Å². The molecule has 0 amide bonds. The molecule has 0 saturated heterocycles. The third kappa shape index (κ3) is 7.59. The molecular weight excluding hydrogens is 558 g/mol. The normalized spacial score (nSPS) is 10.7.